The number of rotatable bonds is 6. The molecule has 3 aromatic rings. The number of fused-ring (bicyclic) bond motifs is 3. The van der Waals surface area contributed by atoms with Crippen molar-refractivity contribution >= 4 is 21.6 Å². The van der Waals surface area contributed by atoms with Crippen LogP contribution in [0.5, 0.6) is 0 Å². The highest BCUT2D eigenvalue weighted by molar-refractivity contribution is 7.18. The lowest BCUT2D eigenvalue weighted by atomic mass is 10.2. The second-order valence-corrected chi connectivity index (χ2v) is 7.33. The van der Waals surface area contributed by atoms with Gasteiger partial charge in [-0.3, -0.25) is 9.69 Å². The van der Waals surface area contributed by atoms with Crippen molar-refractivity contribution in [1.29, 1.82) is 5.26 Å². The lowest BCUT2D eigenvalue weighted by molar-refractivity contribution is 0.235. The summed E-state index contributed by atoms with van der Waals surface area (Å²) in [5.41, 5.74) is 1.15. The maximum absolute atomic E-state index is 12.6. The normalized spacial score (nSPS) is 13.4. The summed E-state index contributed by atoms with van der Waals surface area (Å²) in [6.45, 7) is 1.66. The number of H-pyrrole nitrogens is 1. The Morgan fingerprint density at radius 1 is 1.40 bits per heavy atom. The molecule has 3 heterocycles. The standard InChI is InChI=1S/C18H18N4O2S/c19-7-3-8-22(10-12-4-2-9-24-12)11-15-20-17(23)16-13-5-1-6-14(13)25-18(16)21-15/h2,4,9H,1,3,5-6,8,10-11H2,(H,20,21,23). The van der Waals surface area contributed by atoms with Crippen molar-refractivity contribution in [1.82, 2.24) is 14.9 Å². The minimum absolute atomic E-state index is 0.0439. The first-order chi connectivity index (χ1) is 12.2. The van der Waals surface area contributed by atoms with Gasteiger partial charge < -0.3 is 9.40 Å². The molecule has 0 fully saturated rings. The summed E-state index contributed by atoms with van der Waals surface area (Å²) in [5.74, 6) is 1.47. The van der Waals surface area contributed by atoms with Crippen molar-refractivity contribution in [3.8, 4) is 6.07 Å². The number of furan rings is 1. The van der Waals surface area contributed by atoms with Crippen molar-refractivity contribution in [2.24, 2.45) is 0 Å². The van der Waals surface area contributed by atoms with Crippen molar-refractivity contribution in [2.75, 3.05) is 6.54 Å². The van der Waals surface area contributed by atoms with Crippen molar-refractivity contribution in [3.05, 3.63) is 50.8 Å². The summed E-state index contributed by atoms with van der Waals surface area (Å²) >= 11 is 1.64. The summed E-state index contributed by atoms with van der Waals surface area (Å²) in [6, 6.07) is 5.92. The molecular weight excluding hydrogens is 336 g/mol. The molecule has 7 heteroatoms. The Morgan fingerprint density at radius 3 is 3.12 bits per heavy atom. The average molecular weight is 354 g/mol. The number of hydrogen-bond acceptors (Lipinski definition) is 6. The average Bonchev–Trinajstić information content (AvgIpc) is 3.29. The van der Waals surface area contributed by atoms with Crippen LogP contribution in [0.25, 0.3) is 10.2 Å². The van der Waals surface area contributed by atoms with Gasteiger partial charge in [-0.15, -0.1) is 11.3 Å². The highest BCUT2D eigenvalue weighted by Crippen LogP contribution is 2.34. The van der Waals surface area contributed by atoms with E-state index in [0.29, 0.717) is 31.9 Å². The zero-order valence-corrected chi connectivity index (χ0v) is 14.6. The van der Waals surface area contributed by atoms with Crippen LogP contribution < -0.4 is 5.56 Å². The van der Waals surface area contributed by atoms with Gasteiger partial charge in [-0.1, -0.05) is 0 Å². The first-order valence-corrected chi connectivity index (χ1v) is 9.21. The summed E-state index contributed by atoms with van der Waals surface area (Å²) in [7, 11) is 0. The SMILES string of the molecule is N#CCCN(Cc1nc2sc3c(c2c(=O)[nH]1)CCC3)Cc1ccco1. The van der Waals surface area contributed by atoms with Crippen LogP contribution in [0.15, 0.2) is 27.6 Å². The number of nitriles is 1. The molecule has 3 aromatic heterocycles. The van der Waals surface area contributed by atoms with Crippen LogP contribution in [0.3, 0.4) is 0 Å². The molecule has 0 radical (unpaired) electrons. The Morgan fingerprint density at radius 2 is 2.32 bits per heavy atom. The Kier molecular flexibility index (Phi) is 4.38. The van der Waals surface area contributed by atoms with Gasteiger partial charge in [0.25, 0.3) is 5.56 Å². The first-order valence-electron chi connectivity index (χ1n) is 8.39. The van der Waals surface area contributed by atoms with E-state index in [0.717, 1.165) is 35.2 Å². The first kappa shape index (κ1) is 16.1. The number of thiophene rings is 1. The van der Waals surface area contributed by atoms with Crippen LogP contribution >= 0.6 is 11.3 Å². The molecule has 0 aromatic carbocycles. The smallest absolute Gasteiger partial charge is 0.259 e. The van der Waals surface area contributed by atoms with Crippen LogP contribution in [0, 0.1) is 11.3 Å². The van der Waals surface area contributed by atoms with E-state index < -0.39 is 0 Å². The molecule has 1 aliphatic carbocycles. The number of nitrogens with zero attached hydrogens (tertiary/aromatic N) is 3. The molecule has 0 bridgehead atoms. The van der Waals surface area contributed by atoms with Gasteiger partial charge in [0.15, 0.2) is 0 Å². The van der Waals surface area contributed by atoms with E-state index in [2.05, 4.69) is 20.9 Å². The van der Waals surface area contributed by atoms with E-state index in [1.165, 1.54) is 10.4 Å². The summed E-state index contributed by atoms with van der Waals surface area (Å²) in [6.07, 6.45) is 5.21. The number of hydrogen-bond donors (Lipinski definition) is 1. The summed E-state index contributed by atoms with van der Waals surface area (Å²) in [4.78, 5) is 24.4. The van der Waals surface area contributed by atoms with Crippen LogP contribution in [0.1, 0.15) is 34.9 Å². The fraction of sp³-hybridized carbons (Fsp3) is 0.389. The third-order valence-electron chi connectivity index (χ3n) is 4.50. The van der Waals surface area contributed by atoms with Crippen molar-refractivity contribution in [3.63, 3.8) is 0 Å². The third-order valence-corrected chi connectivity index (χ3v) is 5.68. The predicted molar refractivity (Wildman–Crippen MR) is 95.3 cm³/mol. The van der Waals surface area contributed by atoms with Crippen LogP contribution in [-0.4, -0.2) is 21.4 Å². The molecule has 0 unspecified atom stereocenters. The number of aromatic amines is 1. The molecule has 0 atom stereocenters. The minimum Gasteiger partial charge on any atom is -0.468 e. The molecule has 0 saturated heterocycles. The van der Waals surface area contributed by atoms with Gasteiger partial charge in [0, 0.05) is 17.8 Å². The minimum atomic E-state index is -0.0439. The lowest BCUT2D eigenvalue weighted by Crippen LogP contribution is -2.26. The van der Waals surface area contributed by atoms with E-state index in [1.807, 2.05) is 12.1 Å². The molecule has 4 rings (SSSR count). The molecule has 1 aliphatic rings. The summed E-state index contributed by atoms with van der Waals surface area (Å²) < 4.78 is 5.40. The van der Waals surface area contributed by atoms with Gasteiger partial charge in [0.1, 0.15) is 16.4 Å². The Hall–Kier alpha value is -2.43. The van der Waals surface area contributed by atoms with Gasteiger partial charge in [-0.25, -0.2) is 4.98 Å². The Balaban J connectivity index is 1.61. The van der Waals surface area contributed by atoms with E-state index in [4.69, 9.17) is 9.68 Å². The van der Waals surface area contributed by atoms with Crippen molar-refractivity contribution in [2.45, 2.75) is 38.8 Å². The number of aromatic nitrogens is 2. The molecule has 0 aliphatic heterocycles. The fourth-order valence-corrected chi connectivity index (χ4v) is 4.66. The van der Waals surface area contributed by atoms with E-state index in [1.54, 1.807) is 17.6 Å². The number of nitrogens with one attached hydrogen (secondary N) is 1. The highest BCUT2D eigenvalue weighted by Gasteiger charge is 2.21. The van der Waals surface area contributed by atoms with Gasteiger partial charge in [0.05, 0.1) is 30.8 Å². The summed E-state index contributed by atoms with van der Waals surface area (Å²) in [5, 5.41) is 9.66. The van der Waals surface area contributed by atoms with Crippen molar-refractivity contribution < 1.29 is 4.42 Å². The molecule has 0 spiro atoms. The maximum atomic E-state index is 12.6. The van der Waals surface area contributed by atoms with Gasteiger partial charge in [-0.2, -0.15) is 5.26 Å². The predicted octanol–water partition coefficient (Wildman–Crippen LogP) is 2.98. The fourth-order valence-electron chi connectivity index (χ4n) is 3.38. The lowest BCUT2D eigenvalue weighted by Gasteiger charge is -2.19. The monoisotopic (exact) mass is 354 g/mol. The van der Waals surface area contributed by atoms with Crippen LogP contribution in [-0.2, 0) is 25.9 Å². The zero-order valence-electron chi connectivity index (χ0n) is 13.7. The maximum Gasteiger partial charge on any atom is 0.259 e. The molecule has 25 heavy (non-hydrogen) atoms. The van der Waals surface area contributed by atoms with E-state index in [9.17, 15) is 4.79 Å². The van der Waals surface area contributed by atoms with E-state index in [-0.39, 0.29) is 5.56 Å². The topological polar surface area (TPSA) is 85.9 Å². The number of aryl methyl sites for hydroxylation is 2. The molecule has 128 valence electrons. The Labute approximate surface area is 148 Å². The van der Waals surface area contributed by atoms with Gasteiger partial charge in [-0.05, 0) is 37.0 Å². The molecule has 0 saturated carbocycles. The zero-order chi connectivity index (χ0) is 17.2. The second kappa shape index (κ2) is 6.82. The molecular formula is C18H18N4O2S. The van der Waals surface area contributed by atoms with Gasteiger partial charge >= 0.3 is 0 Å². The molecule has 6 nitrogen and oxygen atoms in total. The van der Waals surface area contributed by atoms with Gasteiger partial charge in [0.2, 0.25) is 0 Å². The van der Waals surface area contributed by atoms with E-state index >= 15 is 0 Å². The molecule has 1 N–H and O–H groups in total. The second-order valence-electron chi connectivity index (χ2n) is 6.25. The Bertz CT molecular complexity index is 981. The largest absolute Gasteiger partial charge is 0.468 e. The quantitative estimate of drug-likeness (QED) is 0.735. The van der Waals surface area contributed by atoms with Crippen LogP contribution in [0.4, 0.5) is 0 Å². The van der Waals surface area contributed by atoms with Crippen LogP contribution in [0.2, 0.25) is 0 Å². The highest BCUT2D eigenvalue weighted by atomic mass is 32.1. The third kappa shape index (κ3) is 3.23. The molecule has 0 amide bonds.